The molecule has 16 heavy (non-hydrogen) atoms. The van der Waals surface area contributed by atoms with Crippen LogP contribution in [0.3, 0.4) is 0 Å². The van der Waals surface area contributed by atoms with Gasteiger partial charge in [0.2, 0.25) is 0 Å². The first-order valence-electron chi connectivity index (χ1n) is 5.81. The van der Waals surface area contributed by atoms with Crippen molar-refractivity contribution in [1.82, 2.24) is 5.32 Å². The molecule has 1 N–H and O–H groups in total. The molecule has 90 valence electrons. The molecule has 0 aliphatic rings. The molecule has 0 aliphatic heterocycles. The van der Waals surface area contributed by atoms with Crippen LogP contribution in [0.1, 0.15) is 31.7 Å². The van der Waals surface area contributed by atoms with Crippen LogP contribution in [0.5, 0.6) is 5.75 Å². The van der Waals surface area contributed by atoms with Crippen LogP contribution in [0.2, 0.25) is 0 Å². The minimum atomic E-state index is 0.884. The lowest BCUT2D eigenvalue weighted by Crippen LogP contribution is -2.14. The molecule has 0 saturated heterocycles. The molecule has 0 radical (unpaired) electrons. The zero-order valence-electron chi connectivity index (χ0n) is 10.1. The van der Waals surface area contributed by atoms with Crippen LogP contribution in [0.15, 0.2) is 22.7 Å². The van der Waals surface area contributed by atoms with Crippen molar-refractivity contribution >= 4 is 15.9 Å². The number of hydrogen-bond acceptors (Lipinski definition) is 2. The van der Waals surface area contributed by atoms with Crippen molar-refractivity contribution in [3.8, 4) is 5.75 Å². The standard InChI is InChI=1S/C13H20BrNO/c1-3-4-5-8-15-10-11-6-7-13(16-2)12(14)9-11/h6-7,9,15H,3-5,8,10H2,1-2H3. The number of rotatable bonds is 7. The highest BCUT2D eigenvalue weighted by atomic mass is 79.9. The molecule has 0 aliphatic carbocycles. The van der Waals surface area contributed by atoms with Crippen molar-refractivity contribution in [1.29, 1.82) is 0 Å². The second-order valence-corrected chi connectivity index (χ2v) is 4.71. The topological polar surface area (TPSA) is 21.3 Å². The summed E-state index contributed by atoms with van der Waals surface area (Å²) in [6.45, 7) is 4.24. The molecule has 0 atom stereocenters. The molecule has 1 aromatic carbocycles. The molecule has 0 heterocycles. The molecule has 0 bridgehead atoms. The molecule has 0 aromatic heterocycles. The lowest BCUT2D eigenvalue weighted by molar-refractivity contribution is 0.412. The number of nitrogens with one attached hydrogen (secondary N) is 1. The van der Waals surface area contributed by atoms with E-state index in [-0.39, 0.29) is 0 Å². The van der Waals surface area contributed by atoms with Gasteiger partial charge in [-0.1, -0.05) is 25.8 Å². The molecule has 0 spiro atoms. The molecule has 3 heteroatoms. The summed E-state index contributed by atoms with van der Waals surface area (Å²) >= 11 is 3.49. The summed E-state index contributed by atoms with van der Waals surface area (Å²) in [6.07, 6.45) is 3.84. The predicted molar refractivity (Wildman–Crippen MR) is 71.9 cm³/mol. The zero-order valence-corrected chi connectivity index (χ0v) is 11.6. The molecule has 0 amide bonds. The summed E-state index contributed by atoms with van der Waals surface area (Å²) in [5.74, 6) is 0.884. The Morgan fingerprint density at radius 2 is 2.12 bits per heavy atom. The van der Waals surface area contributed by atoms with Gasteiger partial charge < -0.3 is 10.1 Å². The Bertz CT molecular complexity index is 315. The van der Waals surface area contributed by atoms with Gasteiger partial charge in [-0.05, 0) is 46.6 Å². The van der Waals surface area contributed by atoms with Crippen molar-refractivity contribution in [2.75, 3.05) is 13.7 Å². The minimum absolute atomic E-state index is 0.884. The van der Waals surface area contributed by atoms with E-state index in [9.17, 15) is 0 Å². The molecular weight excluding hydrogens is 266 g/mol. The Labute approximate surface area is 107 Å². The average molecular weight is 286 g/mol. The van der Waals surface area contributed by atoms with E-state index >= 15 is 0 Å². The van der Waals surface area contributed by atoms with Crippen molar-refractivity contribution in [3.05, 3.63) is 28.2 Å². The van der Waals surface area contributed by atoms with Crippen LogP contribution in [0, 0.1) is 0 Å². The smallest absolute Gasteiger partial charge is 0.133 e. The van der Waals surface area contributed by atoms with Crippen LogP contribution in [0.4, 0.5) is 0 Å². The van der Waals surface area contributed by atoms with Gasteiger partial charge in [-0.2, -0.15) is 0 Å². The van der Waals surface area contributed by atoms with E-state index in [1.54, 1.807) is 7.11 Å². The highest BCUT2D eigenvalue weighted by molar-refractivity contribution is 9.10. The van der Waals surface area contributed by atoms with Crippen LogP contribution >= 0.6 is 15.9 Å². The van der Waals surface area contributed by atoms with E-state index in [4.69, 9.17) is 4.74 Å². The fourth-order valence-corrected chi connectivity index (χ4v) is 2.14. The van der Waals surface area contributed by atoms with E-state index in [1.807, 2.05) is 6.07 Å². The van der Waals surface area contributed by atoms with Gasteiger partial charge >= 0.3 is 0 Å². The second kappa shape index (κ2) is 7.69. The lowest BCUT2D eigenvalue weighted by atomic mass is 10.2. The number of methoxy groups -OCH3 is 1. The van der Waals surface area contributed by atoms with E-state index < -0.39 is 0 Å². The Morgan fingerprint density at radius 3 is 2.75 bits per heavy atom. The first-order chi connectivity index (χ1) is 7.77. The number of benzene rings is 1. The van der Waals surface area contributed by atoms with Gasteiger partial charge in [0.05, 0.1) is 11.6 Å². The van der Waals surface area contributed by atoms with E-state index in [0.717, 1.165) is 23.3 Å². The highest BCUT2D eigenvalue weighted by Gasteiger charge is 2.00. The van der Waals surface area contributed by atoms with Gasteiger partial charge in [0, 0.05) is 6.54 Å². The first kappa shape index (κ1) is 13.5. The quantitative estimate of drug-likeness (QED) is 0.771. The van der Waals surface area contributed by atoms with Gasteiger partial charge in [0.25, 0.3) is 0 Å². The zero-order chi connectivity index (χ0) is 11.8. The number of unbranched alkanes of at least 4 members (excludes halogenated alkanes) is 2. The summed E-state index contributed by atoms with van der Waals surface area (Å²) < 4.78 is 6.21. The molecule has 1 rings (SSSR count). The molecule has 2 nitrogen and oxygen atoms in total. The second-order valence-electron chi connectivity index (χ2n) is 3.85. The normalized spacial score (nSPS) is 10.4. The third kappa shape index (κ3) is 4.54. The van der Waals surface area contributed by atoms with Crippen LogP contribution in [0.25, 0.3) is 0 Å². The Hall–Kier alpha value is -0.540. The molecule has 0 saturated carbocycles. The van der Waals surface area contributed by atoms with E-state index in [0.29, 0.717) is 0 Å². The third-order valence-electron chi connectivity index (χ3n) is 2.50. The number of hydrogen-bond donors (Lipinski definition) is 1. The van der Waals surface area contributed by atoms with Crippen molar-refractivity contribution < 1.29 is 4.74 Å². The molecule has 1 aromatic rings. The predicted octanol–water partition coefficient (Wildman–Crippen LogP) is 3.74. The Morgan fingerprint density at radius 1 is 1.31 bits per heavy atom. The maximum atomic E-state index is 5.19. The van der Waals surface area contributed by atoms with Gasteiger partial charge in [-0.25, -0.2) is 0 Å². The van der Waals surface area contributed by atoms with Gasteiger partial charge in [0.1, 0.15) is 5.75 Å². The molecule has 0 fully saturated rings. The Kier molecular flexibility index (Phi) is 6.50. The van der Waals surface area contributed by atoms with Gasteiger partial charge in [-0.15, -0.1) is 0 Å². The summed E-state index contributed by atoms with van der Waals surface area (Å²) in [4.78, 5) is 0. The summed E-state index contributed by atoms with van der Waals surface area (Å²) in [5, 5.41) is 3.44. The van der Waals surface area contributed by atoms with Crippen LogP contribution in [-0.2, 0) is 6.54 Å². The number of ether oxygens (including phenoxy) is 1. The molecular formula is C13H20BrNO. The van der Waals surface area contributed by atoms with Crippen LogP contribution < -0.4 is 10.1 Å². The maximum Gasteiger partial charge on any atom is 0.133 e. The Balaban J connectivity index is 2.34. The maximum absolute atomic E-state index is 5.19. The van der Waals surface area contributed by atoms with Crippen molar-refractivity contribution in [3.63, 3.8) is 0 Å². The van der Waals surface area contributed by atoms with E-state index in [2.05, 4.69) is 40.3 Å². The number of halogens is 1. The molecule has 0 unspecified atom stereocenters. The minimum Gasteiger partial charge on any atom is -0.496 e. The monoisotopic (exact) mass is 285 g/mol. The highest BCUT2D eigenvalue weighted by Crippen LogP contribution is 2.25. The third-order valence-corrected chi connectivity index (χ3v) is 3.12. The summed E-state index contributed by atoms with van der Waals surface area (Å²) in [7, 11) is 1.68. The van der Waals surface area contributed by atoms with Crippen molar-refractivity contribution in [2.45, 2.75) is 32.7 Å². The van der Waals surface area contributed by atoms with Crippen molar-refractivity contribution in [2.24, 2.45) is 0 Å². The fraction of sp³-hybridized carbons (Fsp3) is 0.538. The first-order valence-corrected chi connectivity index (χ1v) is 6.60. The fourth-order valence-electron chi connectivity index (χ4n) is 1.55. The lowest BCUT2D eigenvalue weighted by Gasteiger charge is -2.07. The van der Waals surface area contributed by atoms with Gasteiger partial charge in [-0.3, -0.25) is 0 Å². The average Bonchev–Trinajstić information content (AvgIpc) is 2.29. The van der Waals surface area contributed by atoms with E-state index in [1.165, 1.54) is 24.8 Å². The largest absolute Gasteiger partial charge is 0.496 e. The van der Waals surface area contributed by atoms with Gasteiger partial charge in [0.15, 0.2) is 0 Å². The van der Waals surface area contributed by atoms with Crippen LogP contribution in [-0.4, -0.2) is 13.7 Å². The summed E-state index contributed by atoms with van der Waals surface area (Å²) in [6, 6.07) is 6.19. The summed E-state index contributed by atoms with van der Waals surface area (Å²) in [5.41, 5.74) is 1.28. The SMILES string of the molecule is CCCCCNCc1ccc(OC)c(Br)c1.